The number of aromatic nitrogens is 4. The number of hydrogen-bond donors (Lipinski definition) is 1. The Morgan fingerprint density at radius 1 is 0.909 bits per heavy atom. The lowest BCUT2D eigenvalue weighted by molar-refractivity contribution is -0.0269. The standard InChI is InChI=1S/C26H30N6O/c1-3-8-21(9-4-1)26(22-10-5-2-6-11-22)33-23-14-18-31(19-15-23)17-7-16-27-24-12-13-25-28-20-29-32(25)30-24/h1-6,8-13,20,23,26H,7,14-19H2,(H,27,30). The predicted molar refractivity (Wildman–Crippen MR) is 129 cm³/mol. The summed E-state index contributed by atoms with van der Waals surface area (Å²) in [6.45, 7) is 4.11. The molecule has 1 saturated heterocycles. The van der Waals surface area contributed by atoms with Gasteiger partial charge in [0, 0.05) is 19.6 Å². The van der Waals surface area contributed by atoms with Gasteiger partial charge in [-0.25, -0.2) is 4.98 Å². The highest BCUT2D eigenvalue weighted by Crippen LogP contribution is 2.30. The van der Waals surface area contributed by atoms with Crippen molar-refractivity contribution < 1.29 is 4.74 Å². The Balaban J connectivity index is 1.08. The molecule has 0 bridgehead atoms. The van der Waals surface area contributed by atoms with E-state index >= 15 is 0 Å². The summed E-state index contributed by atoms with van der Waals surface area (Å²) in [6.07, 6.45) is 4.98. The molecule has 1 fully saturated rings. The van der Waals surface area contributed by atoms with Gasteiger partial charge in [-0.1, -0.05) is 60.7 Å². The van der Waals surface area contributed by atoms with E-state index in [-0.39, 0.29) is 12.2 Å². The summed E-state index contributed by atoms with van der Waals surface area (Å²) in [5.74, 6) is 0.827. The van der Waals surface area contributed by atoms with Crippen LogP contribution < -0.4 is 5.32 Å². The van der Waals surface area contributed by atoms with Crippen LogP contribution in [0.1, 0.15) is 36.5 Å². The maximum Gasteiger partial charge on any atom is 0.176 e. The largest absolute Gasteiger partial charge is 0.369 e. The topological polar surface area (TPSA) is 67.6 Å². The molecule has 0 atom stereocenters. The summed E-state index contributed by atoms with van der Waals surface area (Å²) in [5.41, 5.74) is 3.19. The Bertz CT molecular complexity index is 1090. The Labute approximate surface area is 194 Å². The monoisotopic (exact) mass is 442 g/mol. The van der Waals surface area contributed by atoms with Crippen molar-refractivity contribution in [2.24, 2.45) is 0 Å². The molecule has 5 rings (SSSR count). The molecule has 7 nitrogen and oxygen atoms in total. The van der Waals surface area contributed by atoms with E-state index < -0.39 is 0 Å². The Kier molecular flexibility index (Phi) is 6.89. The minimum absolute atomic E-state index is 0.0111. The van der Waals surface area contributed by atoms with Crippen LogP contribution in [0.2, 0.25) is 0 Å². The van der Waals surface area contributed by atoms with Crippen LogP contribution in [0.15, 0.2) is 79.1 Å². The maximum atomic E-state index is 6.66. The molecule has 2 aromatic carbocycles. The van der Waals surface area contributed by atoms with Gasteiger partial charge >= 0.3 is 0 Å². The number of nitrogens with one attached hydrogen (secondary N) is 1. The van der Waals surface area contributed by atoms with E-state index in [0.717, 1.165) is 56.9 Å². The van der Waals surface area contributed by atoms with E-state index in [9.17, 15) is 0 Å². The molecule has 0 spiro atoms. The van der Waals surface area contributed by atoms with Crippen LogP contribution in [0.3, 0.4) is 0 Å². The highest BCUT2D eigenvalue weighted by Gasteiger charge is 2.24. The fourth-order valence-electron chi connectivity index (χ4n) is 4.40. The van der Waals surface area contributed by atoms with Crippen molar-refractivity contribution in [1.82, 2.24) is 24.7 Å². The SMILES string of the molecule is c1ccc(C(OC2CCN(CCCNc3ccc4ncnn4n3)CC2)c2ccccc2)cc1. The molecule has 1 aliphatic heterocycles. The third-order valence-electron chi connectivity index (χ3n) is 6.17. The highest BCUT2D eigenvalue weighted by molar-refractivity contribution is 5.42. The van der Waals surface area contributed by atoms with Crippen molar-refractivity contribution in [1.29, 1.82) is 0 Å². The van der Waals surface area contributed by atoms with Gasteiger partial charge in [-0.3, -0.25) is 0 Å². The van der Waals surface area contributed by atoms with Crippen molar-refractivity contribution in [3.8, 4) is 0 Å². The Morgan fingerprint density at radius 3 is 2.30 bits per heavy atom. The van der Waals surface area contributed by atoms with Gasteiger partial charge in [0.2, 0.25) is 0 Å². The Morgan fingerprint density at radius 2 is 1.61 bits per heavy atom. The first kappa shape index (κ1) is 21.6. The summed E-state index contributed by atoms with van der Waals surface area (Å²) in [5, 5.41) is 11.9. The average Bonchev–Trinajstić information content (AvgIpc) is 3.35. The highest BCUT2D eigenvalue weighted by atomic mass is 16.5. The molecule has 1 aliphatic rings. The van der Waals surface area contributed by atoms with Gasteiger partial charge in [0.05, 0.1) is 6.10 Å². The van der Waals surface area contributed by atoms with Crippen LogP contribution in [0.25, 0.3) is 5.65 Å². The predicted octanol–water partition coefficient (Wildman–Crippen LogP) is 4.20. The van der Waals surface area contributed by atoms with Gasteiger partial charge in [-0.15, -0.1) is 14.8 Å². The lowest BCUT2D eigenvalue weighted by Gasteiger charge is -2.34. The van der Waals surface area contributed by atoms with Gasteiger partial charge in [0.25, 0.3) is 0 Å². The zero-order valence-electron chi connectivity index (χ0n) is 18.8. The number of likely N-dealkylation sites (tertiary alicyclic amines) is 1. The van der Waals surface area contributed by atoms with Gasteiger partial charge < -0.3 is 15.0 Å². The molecular weight excluding hydrogens is 412 g/mol. The molecule has 0 radical (unpaired) electrons. The van der Waals surface area contributed by atoms with E-state index in [2.05, 4.69) is 86.1 Å². The Hall–Kier alpha value is -3.29. The maximum absolute atomic E-state index is 6.66. The van der Waals surface area contributed by atoms with E-state index in [1.807, 2.05) is 12.1 Å². The average molecular weight is 443 g/mol. The molecule has 4 aromatic rings. The molecule has 33 heavy (non-hydrogen) atoms. The molecule has 0 saturated carbocycles. The number of rotatable bonds is 9. The molecular formula is C26H30N6O. The second-order valence-corrected chi connectivity index (χ2v) is 8.49. The van der Waals surface area contributed by atoms with Crippen LogP contribution in [0.4, 0.5) is 5.82 Å². The first-order valence-corrected chi connectivity index (χ1v) is 11.7. The zero-order chi connectivity index (χ0) is 22.3. The zero-order valence-corrected chi connectivity index (χ0v) is 18.8. The van der Waals surface area contributed by atoms with Gasteiger partial charge in [0.15, 0.2) is 5.65 Å². The lowest BCUT2D eigenvalue weighted by atomic mass is 10.00. The summed E-state index contributed by atoms with van der Waals surface area (Å²) in [7, 11) is 0. The first-order chi connectivity index (χ1) is 16.3. The number of piperidine rings is 1. The van der Waals surface area contributed by atoms with Crippen LogP contribution in [0.5, 0.6) is 0 Å². The smallest absolute Gasteiger partial charge is 0.176 e. The van der Waals surface area contributed by atoms with Gasteiger partial charge in [0.1, 0.15) is 18.2 Å². The van der Waals surface area contributed by atoms with Crippen LogP contribution >= 0.6 is 0 Å². The van der Waals surface area contributed by atoms with Gasteiger partial charge in [-0.05, 0) is 49.1 Å². The van der Waals surface area contributed by atoms with Crippen molar-refractivity contribution in [3.05, 3.63) is 90.3 Å². The molecule has 0 amide bonds. The third kappa shape index (κ3) is 5.56. The third-order valence-corrected chi connectivity index (χ3v) is 6.17. The fourth-order valence-corrected chi connectivity index (χ4v) is 4.40. The second-order valence-electron chi connectivity index (χ2n) is 8.49. The molecule has 7 heteroatoms. The number of nitrogens with zero attached hydrogens (tertiary/aromatic N) is 5. The molecule has 1 N–H and O–H groups in total. The van der Waals surface area contributed by atoms with Crippen molar-refractivity contribution in [2.75, 3.05) is 31.5 Å². The van der Waals surface area contributed by atoms with Crippen molar-refractivity contribution in [2.45, 2.75) is 31.5 Å². The summed E-state index contributed by atoms with van der Waals surface area (Å²) >= 11 is 0. The normalized spacial score (nSPS) is 15.3. The van der Waals surface area contributed by atoms with Crippen LogP contribution in [-0.2, 0) is 4.74 Å². The van der Waals surface area contributed by atoms with Crippen LogP contribution in [-0.4, -0.2) is 57.0 Å². The molecule has 0 aliphatic carbocycles. The van der Waals surface area contributed by atoms with E-state index in [1.54, 1.807) is 4.63 Å². The minimum atomic E-state index is -0.0111. The molecule has 3 heterocycles. The summed E-state index contributed by atoms with van der Waals surface area (Å²) in [4.78, 5) is 6.66. The lowest BCUT2D eigenvalue weighted by Crippen LogP contribution is -2.38. The molecule has 170 valence electrons. The number of ether oxygens (including phenoxy) is 1. The van der Waals surface area contributed by atoms with Gasteiger partial charge in [-0.2, -0.15) is 0 Å². The number of fused-ring (bicyclic) bond motifs is 1. The van der Waals surface area contributed by atoms with Crippen LogP contribution in [0, 0.1) is 0 Å². The van der Waals surface area contributed by atoms with Crippen molar-refractivity contribution >= 4 is 11.5 Å². The summed E-state index contributed by atoms with van der Waals surface area (Å²) < 4.78 is 8.21. The van der Waals surface area contributed by atoms with E-state index in [1.165, 1.54) is 17.5 Å². The number of hydrogen-bond acceptors (Lipinski definition) is 6. The first-order valence-electron chi connectivity index (χ1n) is 11.7. The molecule has 0 unspecified atom stereocenters. The summed E-state index contributed by atoms with van der Waals surface area (Å²) in [6, 6.07) is 25.0. The number of anilines is 1. The van der Waals surface area contributed by atoms with E-state index in [0.29, 0.717) is 0 Å². The fraction of sp³-hybridized carbons (Fsp3) is 0.346. The molecule has 2 aromatic heterocycles. The number of benzene rings is 2. The quantitative estimate of drug-likeness (QED) is 0.392. The minimum Gasteiger partial charge on any atom is -0.369 e. The van der Waals surface area contributed by atoms with Crippen molar-refractivity contribution in [3.63, 3.8) is 0 Å². The van der Waals surface area contributed by atoms with E-state index in [4.69, 9.17) is 4.74 Å². The second kappa shape index (κ2) is 10.6.